The molecule has 0 bridgehead atoms. The van der Waals surface area contributed by atoms with E-state index in [9.17, 15) is 13.2 Å². The molecule has 2 rings (SSSR count). The Morgan fingerprint density at radius 2 is 1.94 bits per heavy atom. The van der Waals surface area contributed by atoms with E-state index in [1.165, 1.54) is 23.9 Å². The second kappa shape index (κ2) is 9.90. The summed E-state index contributed by atoms with van der Waals surface area (Å²) in [6.07, 6.45) is -0.0879. The summed E-state index contributed by atoms with van der Waals surface area (Å²) in [5.41, 5.74) is 5.06. The number of rotatable bonds is 8. The van der Waals surface area contributed by atoms with Crippen LogP contribution in [0.5, 0.6) is 5.88 Å². The zero-order chi connectivity index (χ0) is 23.4. The molecule has 0 aliphatic rings. The first-order valence-electron chi connectivity index (χ1n) is 8.93. The molecule has 170 valence electrons. The van der Waals surface area contributed by atoms with E-state index in [2.05, 4.69) is 9.28 Å². The number of allylic oxidation sites excluding steroid dienone is 1. The third kappa shape index (κ3) is 6.86. The molecule has 0 fully saturated rings. The molecule has 12 heteroatoms. The van der Waals surface area contributed by atoms with E-state index in [1.807, 2.05) is 0 Å². The average molecular weight is 492 g/mol. The first-order valence-corrected chi connectivity index (χ1v) is 11.1. The van der Waals surface area contributed by atoms with Gasteiger partial charge in [-0.1, -0.05) is 50.0 Å². The number of halogens is 2. The minimum atomic E-state index is -4.45. The lowest BCUT2D eigenvalue weighted by atomic mass is 9.95. The maximum Gasteiger partial charge on any atom is 0.420 e. The predicted molar refractivity (Wildman–Crippen MR) is 117 cm³/mol. The monoisotopic (exact) mass is 491 g/mol. The summed E-state index contributed by atoms with van der Waals surface area (Å²) in [4.78, 5) is 10.9. The third-order valence-corrected chi connectivity index (χ3v) is 6.17. The second-order valence-electron chi connectivity index (χ2n) is 7.47. The van der Waals surface area contributed by atoms with Gasteiger partial charge in [-0.2, -0.15) is 8.42 Å². The molecule has 1 aromatic carbocycles. The highest BCUT2D eigenvalue weighted by Crippen LogP contribution is 2.33. The van der Waals surface area contributed by atoms with Gasteiger partial charge in [0, 0.05) is 28.6 Å². The van der Waals surface area contributed by atoms with Gasteiger partial charge in [0.25, 0.3) is 0 Å². The van der Waals surface area contributed by atoms with E-state index < -0.39 is 21.6 Å². The van der Waals surface area contributed by atoms with Crippen molar-refractivity contribution in [2.45, 2.75) is 27.3 Å². The Bertz CT molecular complexity index is 1090. The molecule has 31 heavy (non-hydrogen) atoms. The normalized spacial score (nSPS) is 12.6. The number of hydrogen-bond donors (Lipinski definition) is 1. The largest absolute Gasteiger partial charge is 0.449 e. The second-order valence-corrected chi connectivity index (χ2v) is 9.83. The Balaban J connectivity index is 2.60. The highest BCUT2D eigenvalue weighted by molar-refractivity contribution is 7.91. The summed E-state index contributed by atoms with van der Waals surface area (Å²) in [7, 11) is -3.00. The van der Waals surface area contributed by atoms with Gasteiger partial charge in [-0.15, -0.1) is 5.10 Å². The Kier molecular flexibility index (Phi) is 7.98. The van der Waals surface area contributed by atoms with Crippen LogP contribution in [-0.2, 0) is 25.6 Å². The number of methoxy groups -OCH3 is 1. The van der Waals surface area contributed by atoms with Crippen LogP contribution in [0.1, 0.15) is 32.0 Å². The van der Waals surface area contributed by atoms with E-state index in [0.29, 0.717) is 21.3 Å². The topological polar surface area (TPSA) is 123 Å². The van der Waals surface area contributed by atoms with Crippen LogP contribution >= 0.6 is 23.2 Å². The van der Waals surface area contributed by atoms with Crippen molar-refractivity contribution < 1.29 is 26.9 Å². The average Bonchev–Trinajstić information content (AvgIpc) is 2.99. The molecule has 1 aromatic heterocycles. The predicted octanol–water partition coefficient (Wildman–Crippen LogP) is 4.03. The summed E-state index contributed by atoms with van der Waals surface area (Å²) in [5, 5.41) is 5.23. The Hall–Kier alpha value is -2.27. The standard InChI is InChI=1S/C19H23Cl2N3O6S/c1-19(2,3)16(31(26,27)30-18(22)25)8-14-9-17(29-11-28-4)23-24(14)10-12-5-6-13(20)7-15(12)21/h5-9H,10-11H2,1-4H3,(H2,22,25). The van der Waals surface area contributed by atoms with Crippen LogP contribution in [0.3, 0.4) is 0 Å². The lowest BCUT2D eigenvalue weighted by Gasteiger charge is -2.22. The van der Waals surface area contributed by atoms with Crippen molar-refractivity contribution in [3.63, 3.8) is 0 Å². The minimum absolute atomic E-state index is 0.0585. The van der Waals surface area contributed by atoms with Crippen LogP contribution in [0.4, 0.5) is 4.79 Å². The molecule has 0 aliphatic carbocycles. The summed E-state index contributed by atoms with van der Waals surface area (Å²) in [6.45, 7) is 5.09. The molecule has 0 saturated carbocycles. The molecule has 0 aliphatic heterocycles. The summed E-state index contributed by atoms with van der Waals surface area (Å²) < 4.78 is 41.4. The molecule has 1 heterocycles. The highest BCUT2D eigenvalue weighted by atomic mass is 35.5. The van der Waals surface area contributed by atoms with Crippen molar-refractivity contribution in [3.8, 4) is 5.88 Å². The maximum absolute atomic E-state index is 12.6. The summed E-state index contributed by atoms with van der Waals surface area (Å²) >= 11 is 12.2. The maximum atomic E-state index is 12.6. The van der Waals surface area contributed by atoms with E-state index in [4.69, 9.17) is 38.4 Å². The molecule has 2 N–H and O–H groups in total. The molecule has 1 amide bonds. The number of benzene rings is 1. The van der Waals surface area contributed by atoms with Gasteiger partial charge in [-0.3, -0.25) is 4.68 Å². The zero-order valence-electron chi connectivity index (χ0n) is 17.4. The number of primary amides is 1. The van der Waals surface area contributed by atoms with Crippen molar-refractivity contribution in [3.05, 3.63) is 50.5 Å². The molecule has 9 nitrogen and oxygen atoms in total. The molecule has 0 atom stereocenters. The number of ether oxygens (including phenoxy) is 2. The molecule has 0 saturated heterocycles. The molecule has 0 unspecified atom stereocenters. The minimum Gasteiger partial charge on any atom is -0.449 e. The molecule has 0 spiro atoms. The molecular formula is C19H23Cl2N3O6S. The molecular weight excluding hydrogens is 469 g/mol. The van der Waals surface area contributed by atoms with Crippen molar-refractivity contribution in [1.29, 1.82) is 0 Å². The highest BCUT2D eigenvalue weighted by Gasteiger charge is 2.33. The number of nitrogens with zero attached hydrogens (tertiary/aromatic N) is 2. The SMILES string of the molecule is COCOc1cc(C=C(C(C)(C)C)S(=O)(=O)OC(N)=O)n(Cc2ccc(Cl)cc2Cl)n1. The molecule has 2 aromatic rings. The van der Waals surface area contributed by atoms with Gasteiger partial charge in [0.1, 0.15) is 0 Å². The summed E-state index contributed by atoms with van der Waals surface area (Å²) in [5.74, 6) is 0.194. The van der Waals surface area contributed by atoms with Crippen molar-refractivity contribution >= 4 is 45.5 Å². The van der Waals surface area contributed by atoms with Crippen LogP contribution in [0, 0.1) is 5.41 Å². The van der Waals surface area contributed by atoms with Gasteiger partial charge in [0.2, 0.25) is 5.88 Å². The van der Waals surface area contributed by atoms with E-state index in [1.54, 1.807) is 39.0 Å². The fourth-order valence-electron chi connectivity index (χ4n) is 2.60. The number of hydrogen-bond acceptors (Lipinski definition) is 7. The van der Waals surface area contributed by atoms with Crippen molar-refractivity contribution in [2.24, 2.45) is 11.1 Å². The van der Waals surface area contributed by atoms with Gasteiger partial charge in [0.15, 0.2) is 6.79 Å². The fourth-order valence-corrected chi connectivity index (χ4v) is 4.39. The lowest BCUT2D eigenvalue weighted by Crippen LogP contribution is -2.25. The number of nitrogens with two attached hydrogens (primary N) is 1. The van der Waals surface area contributed by atoms with Crippen LogP contribution in [0.2, 0.25) is 10.0 Å². The Morgan fingerprint density at radius 1 is 1.26 bits per heavy atom. The first-order chi connectivity index (χ1) is 14.3. The van der Waals surface area contributed by atoms with Crippen molar-refractivity contribution in [1.82, 2.24) is 9.78 Å². The number of carbonyl (C=O) groups is 1. The van der Waals surface area contributed by atoms with Crippen LogP contribution < -0.4 is 10.5 Å². The van der Waals surface area contributed by atoms with Gasteiger partial charge in [0.05, 0.1) is 17.1 Å². The van der Waals surface area contributed by atoms with Crippen LogP contribution in [0.15, 0.2) is 29.2 Å². The third-order valence-electron chi connectivity index (χ3n) is 3.93. The summed E-state index contributed by atoms with van der Waals surface area (Å²) in [6, 6.07) is 6.52. The number of aromatic nitrogens is 2. The van der Waals surface area contributed by atoms with Gasteiger partial charge in [-0.05, 0) is 23.8 Å². The van der Waals surface area contributed by atoms with Gasteiger partial charge in [-0.25, -0.2) is 4.79 Å². The lowest BCUT2D eigenvalue weighted by molar-refractivity contribution is 0.0473. The zero-order valence-corrected chi connectivity index (χ0v) is 19.7. The Morgan fingerprint density at radius 3 is 2.48 bits per heavy atom. The van der Waals surface area contributed by atoms with Crippen molar-refractivity contribution in [2.75, 3.05) is 13.9 Å². The quantitative estimate of drug-likeness (QED) is 0.436. The number of amides is 1. The van der Waals surface area contributed by atoms with E-state index >= 15 is 0 Å². The van der Waals surface area contributed by atoms with Crippen LogP contribution in [-0.4, -0.2) is 38.2 Å². The van der Waals surface area contributed by atoms with E-state index in [0.717, 1.165) is 0 Å². The van der Waals surface area contributed by atoms with Gasteiger partial charge < -0.3 is 19.4 Å². The Labute approximate surface area is 190 Å². The van der Waals surface area contributed by atoms with Crippen LogP contribution in [0.25, 0.3) is 6.08 Å². The van der Waals surface area contributed by atoms with E-state index in [-0.39, 0.29) is 24.1 Å². The first kappa shape index (κ1) is 25.0. The number of carbonyl (C=O) groups excluding carboxylic acids is 1. The fraction of sp³-hybridized carbons (Fsp3) is 0.368. The smallest absolute Gasteiger partial charge is 0.420 e. The van der Waals surface area contributed by atoms with Gasteiger partial charge >= 0.3 is 16.2 Å². The molecule has 0 radical (unpaired) electrons.